The second-order valence-corrected chi connectivity index (χ2v) is 2.92. The van der Waals surface area contributed by atoms with E-state index in [0.29, 0.717) is 6.17 Å². The fraction of sp³-hybridized carbons (Fsp3) is 0.500. The quantitative estimate of drug-likeness (QED) is 0.672. The molecule has 0 aliphatic carbocycles. The van der Waals surface area contributed by atoms with Crippen molar-refractivity contribution in [1.82, 2.24) is 15.3 Å². The van der Waals surface area contributed by atoms with Gasteiger partial charge in [-0.15, -0.1) is 0 Å². The van der Waals surface area contributed by atoms with Crippen LogP contribution in [-0.4, -0.2) is 22.7 Å². The van der Waals surface area contributed by atoms with Gasteiger partial charge in [0.05, 0.1) is 24.2 Å². The van der Waals surface area contributed by atoms with Crippen molar-refractivity contribution in [2.24, 2.45) is 0 Å². The van der Waals surface area contributed by atoms with Crippen molar-refractivity contribution in [3.05, 3.63) is 18.7 Å². The molecule has 1 atom stereocenters. The monoisotopic (exact) mass is 164 g/mol. The third-order valence-corrected chi connectivity index (χ3v) is 1.96. The van der Waals surface area contributed by atoms with Gasteiger partial charge in [-0.1, -0.05) is 0 Å². The molecule has 1 aromatic rings. The van der Waals surface area contributed by atoms with Gasteiger partial charge in [0.1, 0.15) is 6.33 Å². The normalized spacial score (nSPS) is 22.5. The van der Waals surface area contributed by atoms with E-state index in [1.807, 2.05) is 0 Å². The Hall–Kier alpha value is -1.16. The summed E-state index contributed by atoms with van der Waals surface area (Å²) in [5.41, 5.74) is 0.983. The molecule has 0 spiro atoms. The van der Waals surface area contributed by atoms with Crippen LogP contribution in [0.1, 0.15) is 12.8 Å². The van der Waals surface area contributed by atoms with Crippen molar-refractivity contribution in [1.29, 1.82) is 0 Å². The van der Waals surface area contributed by atoms with Crippen LogP contribution in [-0.2, 0) is 0 Å². The summed E-state index contributed by atoms with van der Waals surface area (Å²) in [5.74, 6) is 0. The molecule has 0 bridgehead atoms. The van der Waals surface area contributed by atoms with E-state index in [-0.39, 0.29) is 0 Å². The summed E-state index contributed by atoms with van der Waals surface area (Å²) in [6, 6.07) is 0. The van der Waals surface area contributed by atoms with Gasteiger partial charge in [-0.05, 0) is 19.4 Å². The fourth-order valence-corrected chi connectivity index (χ4v) is 1.38. The maximum atomic E-state index is 3.93. The third-order valence-electron chi connectivity index (χ3n) is 1.96. The van der Waals surface area contributed by atoms with E-state index >= 15 is 0 Å². The first-order valence-electron chi connectivity index (χ1n) is 4.20. The molecule has 0 saturated carbocycles. The number of hydrogen-bond acceptors (Lipinski definition) is 4. The predicted octanol–water partition coefficient (Wildman–Crippen LogP) is 0.598. The molecule has 2 rings (SSSR count). The zero-order valence-corrected chi connectivity index (χ0v) is 6.83. The van der Waals surface area contributed by atoms with Crippen molar-refractivity contribution >= 4 is 5.69 Å². The molecule has 0 aromatic carbocycles. The Balaban J connectivity index is 1.94. The molecule has 4 nitrogen and oxygen atoms in total. The van der Waals surface area contributed by atoms with Crippen LogP contribution >= 0.6 is 0 Å². The van der Waals surface area contributed by atoms with Gasteiger partial charge in [-0.25, -0.2) is 9.97 Å². The predicted molar refractivity (Wildman–Crippen MR) is 46.7 cm³/mol. The van der Waals surface area contributed by atoms with Crippen molar-refractivity contribution < 1.29 is 0 Å². The van der Waals surface area contributed by atoms with Crippen molar-refractivity contribution in [3.63, 3.8) is 0 Å². The molecule has 4 heteroatoms. The lowest BCUT2D eigenvalue weighted by Gasteiger charge is -2.12. The molecule has 1 aromatic heterocycles. The lowest BCUT2D eigenvalue weighted by Crippen LogP contribution is -2.29. The molecule has 1 aliphatic heterocycles. The molecule has 1 aliphatic rings. The van der Waals surface area contributed by atoms with E-state index in [4.69, 9.17) is 0 Å². The zero-order chi connectivity index (χ0) is 8.23. The van der Waals surface area contributed by atoms with E-state index in [9.17, 15) is 0 Å². The first-order chi connectivity index (χ1) is 5.95. The molecule has 64 valence electrons. The van der Waals surface area contributed by atoms with Crippen LogP contribution in [0.25, 0.3) is 0 Å². The van der Waals surface area contributed by atoms with Crippen LogP contribution in [0.5, 0.6) is 0 Å². The molecule has 0 amide bonds. The van der Waals surface area contributed by atoms with Crippen LogP contribution in [0.3, 0.4) is 0 Å². The molecule has 12 heavy (non-hydrogen) atoms. The Morgan fingerprint density at radius 3 is 2.92 bits per heavy atom. The van der Waals surface area contributed by atoms with Crippen molar-refractivity contribution in [3.8, 4) is 0 Å². The van der Waals surface area contributed by atoms with Gasteiger partial charge in [0, 0.05) is 0 Å². The van der Waals surface area contributed by atoms with Crippen LogP contribution < -0.4 is 10.6 Å². The maximum Gasteiger partial charge on any atom is 0.115 e. The minimum absolute atomic E-state index is 0.399. The van der Waals surface area contributed by atoms with Gasteiger partial charge in [0.2, 0.25) is 0 Å². The second kappa shape index (κ2) is 3.49. The summed E-state index contributed by atoms with van der Waals surface area (Å²) in [7, 11) is 0. The van der Waals surface area contributed by atoms with Gasteiger partial charge >= 0.3 is 0 Å². The smallest absolute Gasteiger partial charge is 0.115 e. The average molecular weight is 164 g/mol. The average Bonchev–Trinajstić information content (AvgIpc) is 2.59. The Bertz CT molecular complexity index is 230. The first kappa shape index (κ1) is 7.49. The minimum Gasteiger partial charge on any atom is -0.367 e. The summed E-state index contributed by atoms with van der Waals surface area (Å²) in [6.07, 6.45) is 7.92. The molecule has 1 unspecified atom stereocenters. The Morgan fingerprint density at radius 2 is 2.25 bits per heavy atom. The van der Waals surface area contributed by atoms with Gasteiger partial charge in [-0.3, -0.25) is 5.32 Å². The standard InChI is InChI=1S/C8H12N4/c1-2-8(11-3-1)12-7-4-9-6-10-5-7/h4-6,8,11-12H,1-3H2. The summed E-state index contributed by atoms with van der Waals surface area (Å²) in [4.78, 5) is 7.85. The fourth-order valence-electron chi connectivity index (χ4n) is 1.38. The number of nitrogens with zero attached hydrogens (tertiary/aromatic N) is 2. The van der Waals surface area contributed by atoms with E-state index in [1.165, 1.54) is 19.2 Å². The third kappa shape index (κ3) is 1.71. The summed E-state index contributed by atoms with van der Waals surface area (Å²) < 4.78 is 0. The topological polar surface area (TPSA) is 49.8 Å². The highest BCUT2D eigenvalue weighted by atomic mass is 15.1. The molecule has 2 heterocycles. The molecule has 1 saturated heterocycles. The van der Waals surface area contributed by atoms with Crippen LogP contribution in [0.2, 0.25) is 0 Å². The Labute approximate surface area is 71.4 Å². The molecular formula is C8H12N4. The van der Waals surface area contributed by atoms with E-state index in [1.54, 1.807) is 12.4 Å². The van der Waals surface area contributed by atoms with Gasteiger partial charge in [0.25, 0.3) is 0 Å². The van der Waals surface area contributed by atoms with Crippen molar-refractivity contribution in [2.75, 3.05) is 11.9 Å². The summed E-state index contributed by atoms with van der Waals surface area (Å²) >= 11 is 0. The van der Waals surface area contributed by atoms with E-state index < -0.39 is 0 Å². The number of anilines is 1. The SMILES string of the molecule is c1ncc(NC2CCCN2)cn1. The van der Waals surface area contributed by atoms with Gasteiger partial charge in [-0.2, -0.15) is 0 Å². The highest BCUT2D eigenvalue weighted by Gasteiger charge is 2.12. The minimum atomic E-state index is 0.399. The van der Waals surface area contributed by atoms with E-state index in [2.05, 4.69) is 20.6 Å². The first-order valence-corrected chi connectivity index (χ1v) is 4.20. The number of rotatable bonds is 2. The zero-order valence-electron chi connectivity index (χ0n) is 6.83. The van der Waals surface area contributed by atoms with Gasteiger partial charge in [0.15, 0.2) is 0 Å². The van der Waals surface area contributed by atoms with Gasteiger partial charge < -0.3 is 5.32 Å². The number of hydrogen-bond donors (Lipinski definition) is 2. The second-order valence-electron chi connectivity index (χ2n) is 2.92. The van der Waals surface area contributed by atoms with Crippen LogP contribution in [0, 0.1) is 0 Å². The Kier molecular flexibility index (Phi) is 2.18. The molecule has 0 radical (unpaired) electrons. The lowest BCUT2D eigenvalue weighted by molar-refractivity contribution is 0.678. The number of aromatic nitrogens is 2. The van der Waals surface area contributed by atoms with Crippen LogP contribution in [0.15, 0.2) is 18.7 Å². The van der Waals surface area contributed by atoms with Crippen LogP contribution in [0.4, 0.5) is 5.69 Å². The largest absolute Gasteiger partial charge is 0.367 e. The summed E-state index contributed by atoms with van der Waals surface area (Å²) in [6.45, 7) is 1.10. The Morgan fingerprint density at radius 1 is 1.42 bits per heavy atom. The number of nitrogens with one attached hydrogen (secondary N) is 2. The highest BCUT2D eigenvalue weighted by molar-refractivity contribution is 5.38. The maximum absolute atomic E-state index is 3.93. The lowest BCUT2D eigenvalue weighted by atomic mass is 10.3. The van der Waals surface area contributed by atoms with Crippen molar-refractivity contribution in [2.45, 2.75) is 19.0 Å². The highest BCUT2D eigenvalue weighted by Crippen LogP contribution is 2.09. The molecular weight excluding hydrogens is 152 g/mol. The summed E-state index contributed by atoms with van der Waals surface area (Å²) in [5, 5.41) is 6.64. The molecule has 1 fully saturated rings. The van der Waals surface area contributed by atoms with E-state index in [0.717, 1.165) is 12.2 Å². The molecule has 2 N–H and O–H groups in total.